The molecule has 2 amide bonds. The molecule has 1 aliphatic rings. The first-order valence-electron chi connectivity index (χ1n) is 10.9. The Morgan fingerprint density at radius 3 is 2.62 bits per heavy atom. The number of esters is 1. The lowest BCUT2D eigenvalue weighted by atomic mass is 10.0. The number of rotatable bonds is 6. The number of aromatic amines is 1. The molecule has 2 aromatic heterocycles. The van der Waals surface area contributed by atoms with Crippen LogP contribution < -0.4 is 5.32 Å². The van der Waals surface area contributed by atoms with Crippen LogP contribution in [0.2, 0.25) is 5.15 Å². The first-order valence-corrected chi connectivity index (χ1v) is 11.3. The summed E-state index contributed by atoms with van der Waals surface area (Å²) in [5, 5.41) is 3.85. The van der Waals surface area contributed by atoms with Gasteiger partial charge in [0.15, 0.2) is 0 Å². The summed E-state index contributed by atoms with van der Waals surface area (Å²) >= 11 is 5.93. The largest absolute Gasteiger partial charge is 0.462 e. The lowest BCUT2D eigenvalue weighted by Gasteiger charge is -2.34. The van der Waals surface area contributed by atoms with Gasteiger partial charge >= 0.3 is 5.97 Å². The second kappa shape index (κ2) is 10.2. The lowest BCUT2D eigenvalue weighted by Crippen LogP contribution is -2.52. The number of carbonyl (C=O) groups excluding carboxylic acids is 3. The molecule has 4 rings (SSSR count). The molecule has 3 aromatic rings. The molecule has 0 saturated carbocycles. The molecule has 1 saturated heterocycles. The number of aromatic nitrogens is 2. The third kappa shape index (κ3) is 5.72. The molecule has 10 heteroatoms. The van der Waals surface area contributed by atoms with Crippen LogP contribution in [-0.4, -0.2) is 57.9 Å². The van der Waals surface area contributed by atoms with Crippen molar-refractivity contribution < 1.29 is 23.5 Å². The second-order valence-electron chi connectivity index (χ2n) is 8.27. The maximum Gasteiger partial charge on any atom is 0.302 e. The Labute approximate surface area is 200 Å². The number of carbonyl (C=O) groups is 3. The first kappa shape index (κ1) is 23.7. The van der Waals surface area contributed by atoms with E-state index in [1.54, 1.807) is 29.2 Å². The first-order chi connectivity index (χ1) is 16.3. The molecule has 3 heterocycles. The van der Waals surface area contributed by atoms with Crippen LogP contribution in [0, 0.1) is 5.82 Å². The number of halogens is 2. The van der Waals surface area contributed by atoms with Crippen molar-refractivity contribution in [2.24, 2.45) is 0 Å². The summed E-state index contributed by atoms with van der Waals surface area (Å²) in [6.45, 7) is 2.17. The summed E-state index contributed by atoms with van der Waals surface area (Å²) in [6, 6.07) is 8.23. The van der Waals surface area contributed by atoms with Crippen LogP contribution in [-0.2, 0) is 20.7 Å². The molecule has 34 heavy (non-hydrogen) atoms. The normalized spacial score (nSPS) is 15.2. The van der Waals surface area contributed by atoms with Crippen molar-refractivity contribution in [2.75, 3.05) is 13.1 Å². The topological polar surface area (TPSA) is 104 Å². The highest BCUT2D eigenvalue weighted by Gasteiger charge is 2.31. The van der Waals surface area contributed by atoms with Crippen LogP contribution in [0.4, 0.5) is 4.39 Å². The number of nitrogens with one attached hydrogen (secondary N) is 2. The zero-order valence-corrected chi connectivity index (χ0v) is 19.3. The molecule has 0 spiro atoms. The van der Waals surface area contributed by atoms with Gasteiger partial charge in [-0.1, -0.05) is 23.7 Å². The van der Waals surface area contributed by atoms with Crippen LogP contribution in [0.3, 0.4) is 0 Å². The Bertz CT molecular complexity index is 1210. The summed E-state index contributed by atoms with van der Waals surface area (Å²) < 4.78 is 18.6. The Morgan fingerprint density at radius 2 is 1.94 bits per heavy atom. The zero-order chi connectivity index (χ0) is 24.2. The van der Waals surface area contributed by atoms with E-state index in [2.05, 4.69) is 15.3 Å². The number of hydrogen-bond acceptors (Lipinski definition) is 5. The van der Waals surface area contributed by atoms with Gasteiger partial charge in [0.2, 0.25) is 5.91 Å². The maximum absolute atomic E-state index is 13.4. The van der Waals surface area contributed by atoms with Gasteiger partial charge in [0.05, 0.1) is 11.7 Å². The van der Waals surface area contributed by atoms with Crippen molar-refractivity contribution in [3.05, 3.63) is 64.8 Å². The molecule has 1 fully saturated rings. The molecule has 0 radical (unpaired) electrons. The standard InChI is InChI=1S/C24H24ClFN4O4/c1-14(31)34-18-6-8-30(9-7-18)24(33)20(10-15-2-4-17(26)5-3-15)29-23(32)19-11-16-12-22(25)27-13-21(16)28-19/h2-5,11-13,18,20,28H,6-10H2,1H3,(H,29,32)/t20-/m0/s1. The minimum Gasteiger partial charge on any atom is -0.462 e. The molecule has 1 atom stereocenters. The van der Waals surface area contributed by atoms with Gasteiger partial charge in [-0.15, -0.1) is 0 Å². The highest BCUT2D eigenvalue weighted by atomic mass is 35.5. The number of nitrogens with zero attached hydrogens (tertiary/aromatic N) is 2. The van der Waals surface area contributed by atoms with Crippen LogP contribution in [0.5, 0.6) is 0 Å². The summed E-state index contributed by atoms with van der Waals surface area (Å²) in [6.07, 6.45) is 2.56. The monoisotopic (exact) mass is 486 g/mol. The molecule has 1 aromatic carbocycles. The molecule has 8 nitrogen and oxygen atoms in total. The van der Waals surface area contributed by atoms with Gasteiger partial charge in [0, 0.05) is 44.7 Å². The Kier molecular flexibility index (Phi) is 7.12. The quantitative estimate of drug-likeness (QED) is 0.411. The zero-order valence-electron chi connectivity index (χ0n) is 18.5. The molecule has 0 bridgehead atoms. The lowest BCUT2D eigenvalue weighted by molar-refractivity contribution is -0.149. The van der Waals surface area contributed by atoms with Crippen LogP contribution in [0.25, 0.3) is 10.9 Å². The Hall–Kier alpha value is -3.46. The van der Waals surface area contributed by atoms with E-state index in [0.29, 0.717) is 42.2 Å². The number of H-pyrrole nitrogens is 1. The van der Waals surface area contributed by atoms with Crippen molar-refractivity contribution in [1.82, 2.24) is 20.2 Å². The Balaban J connectivity index is 1.51. The van der Waals surface area contributed by atoms with E-state index in [1.807, 2.05) is 0 Å². The fraction of sp³-hybridized carbons (Fsp3) is 0.333. The van der Waals surface area contributed by atoms with Gasteiger partial charge in [-0.2, -0.15) is 0 Å². The molecule has 0 unspecified atom stereocenters. The fourth-order valence-corrected chi connectivity index (χ4v) is 4.23. The van der Waals surface area contributed by atoms with Crippen molar-refractivity contribution in [3.63, 3.8) is 0 Å². The van der Waals surface area contributed by atoms with E-state index in [4.69, 9.17) is 16.3 Å². The minimum atomic E-state index is -0.864. The summed E-state index contributed by atoms with van der Waals surface area (Å²) in [5.41, 5.74) is 1.62. The maximum atomic E-state index is 13.4. The van der Waals surface area contributed by atoms with Crippen molar-refractivity contribution >= 4 is 40.3 Å². The van der Waals surface area contributed by atoms with E-state index in [1.165, 1.54) is 25.3 Å². The molecular formula is C24H24ClFN4O4. The third-order valence-electron chi connectivity index (χ3n) is 5.76. The van der Waals surface area contributed by atoms with Gasteiger partial charge in [-0.05, 0) is 29.8 Å². The summed E-state index contributed by atoms with van der Waals surface area (Å²) in [7, 11) is 0. The highest BCUT2D eigenvalue weighted by molar-refractivity contribution is 6.30. The van der Waals surface area contributed by atoms with Crippen molar-refractivity contribution in [1.29, 1.82) is 0 Å². The van der Waals surface area contributed by atoms with Crippen LogP contribution in [0.15, 0.2) is 42.6 Å². The van der Waals surface area contributed by atoms with E-state index >= 15 is 0 Å². The average Bonchev–Trinajstić information content (AvgIpc) is 3.23. The van der Waals surface area contributed by atoms with Crippen molar-refractivity contribution in [2.45, 2.75) is 38.3 Å². The summed E-state index contributed by atoms with van der Waals surface area (Å²) in [4.78, 5) is 46.3. The number of piperidine rings is 1. The minimum absolute atomic E-state index is 0.197. The van der Waals surface area contributed by atoms with Gasteiger partial charge in [0.1, 0.15) is 28.8 Å². The molecule has 1 aliphatic heterocycles. The van der Waals surface area contributed by atoms with Gasteiger partial charge in [-0.3, -0.25) is 14.4 Å². The van der Waals surface area contributed by atoms with E-state index in [9.17, 15) is 18.8 Å². The molecule has 2 N–H and O–H groups in total. The second-order valence-corrected chi connectivity index (χ2v) is 8.66. The highest BCUT2D eigenvalue weighted by Crippen LogP contribution is 2.19. The van der Waals surface area contributed by atoms with Crippen LogP contribution >= 0.6 is 11.6 Å². The number of ether oxygens (including phenoxy) is 1. The van der Waals surface area contributed by atoms with Gasteiger partial charge < -0.3 is 19.9 Å². The fourth-order valence-electron chi connectivity index (χ4n) is 4.07. The van der Waals surface area contributed by atoms with E-state index in [0.717, 1.165) is 5.39 Å². The molecule has 178 valence electrons. The predicted octanol–water partition coefficient (Wildman–Crippen LogP) is 3.25. The number of fused-ring (bicyclic) bond motifs is 1. The number of pyridine rings is 1. The molecular weight excluding hydrogens is 463 g/mol. The molecule has 0 aliphatic carbocycles. The van der Waals surface area contributed by atoms with Crippen molar-refractivity contribution in [3.8, 4) is 0 Å². The number of amides is 2. The van der Waals surface area contributed by atoms with E-state index in [-0.39, 0.29) is 35.9 Å². The summed E-state index contributed by atoms with van der Waals surface area (Å²) in [5.74, 6) is -1.43. The van der Waals surface area contributed by atoms with Gasteiger partial charge in [-0.25, -0.2) is 9.37 Å². The predicted molar refractivity (Wildman–Crippen MR) is 124 cm³/mol. The van der Waals surface area contributed by atoms with Crippen LogP contribution in [0.1, 0.15) is 35.8 Å². The smallest absolute Gasteiger partial charge is 0.302 e. The number of likely N-dealkylation sites (tertiary alicyclic amines) is 1. The Morgan fingerprint density at radius 1 is 1.24 bits per heavy atom. The van der Waals surface area contributed by atoms with E-state index < -0.39 is 11.9 Å². The SMILES string of the molecule is CC(=O)OC1CCN(C(=O)[C@H](Cc2ccc(F)cc2)NC(=O)c2cc3cc(Cl)ncc3[nH]2)CC1. The number of benzene rings is 1. The third-order valence-corrected chi connectivity index (χ3v) is 5.97. The number of hydrogen-bond donors (Lipinski definition) is 2. The van der Waals surface area contributed by atoms with Gasteiger partial charge in [0.25, 0.3) is 5.91 Å². The average molecular weight is 487 g/mol.